The summed E-state index contributed by atoms with van der Waals surface area (Å²) in [6.07, 6.45) is 3.82. The molecule has 21 heavy (non-hydrogen) atoms. The van der Waals surface area contributed by atoms with Crippen LogP contribution in [0, 0.1) is 5.92 Å². The lowest BCUT2D eigenvalue weighted by atomic mass is 9.95. The van der Waals surface area contributed by atoms with Gasteiger partial charge in [0, 0.05) is 17.8 Å². The van der Waals surface area contributed by atoms with Gasteiger partial charge >= 0.3 is 5.97 Å². The molecule has 1 atom stereocenters. The van der Waals surface area contributed by atoms with Gasteiger partial charge in [0.15, 0.2) is 0 Å². The molecule has 2 heterocycles. The molecule has 0 radical (unpaired) electrons. The molecular weight excluding hydrogens is 286 g/mol. The molecule has 114 valence electrons. The Hall–Kier alpha value is -1.36. The highest BCUT2D eigenvalue weighted by molar-refractivity contribution is 7.10. The lowest BCUT2D eigenvalue weighted by Crippen LogP contribution is -2.40. The van der Waals surface area contributed by atoms with Gasteiger partial charge < -0.3 is 9.64 Å². The van der Waals surface area contributed by atoms with Gasteiger partial charge in [-0.2, -0.15) is 0 Å². The minimum Gasteiger partial charge on any atom is -0.466 e. The van der Waals surface area contributed by atoms with E-state index >= 15 is 0 Å². The van der Waals surface area contributed by atoms with Crippen molar-refractivity contribution >= 4 is 23.2 Å². The summed E-state index contributed by atoms with van der Waals surface area (Å²) in [6.45, 7) is 2.95. The number of hydrogen-bond acceptors (Lipinski definition) is 4. The first-order valence-electron chi connectivity index (χ1n) is 7.72. The van der Waals surface area contributed by atoms with E-state index in [1.807, 2.05) is 4.90 Å². The molecular formula is C16H21NO3S. The molecule has 0 bridgehead atoms. The lowest BCUT2D eigenvalue weighted by Gasteiger charge is -2.36. The van der Waals surface area contributed by atoms with E-state index in [1.54, 1.807) is 18.3 Å². The molecule has 1 fully saturated rings. The maximum Gasteiger partial charge on any atom is 0.306 e. The van der Waals surface area contributed by atoms with Crippen molar-refractivity contribution in [1.82, 2.24) is 4.90 Å². The highest BCUT2D eigenvalue weighted by atomic mass is 32.1. The van der Waals surface area contributed by atoms with Crippen molar-refractivity contribution in [3.8, 4) is 0 Å². The van der Waals surface area contributed by atoms with Crippen molar-refractivity contribution in [2.75, 3.05) is 13.2 Å². The monoisotopic (exact) mass is 307 g/mol. The van der Waals surface area contributed by atoms with Crippen molar-refractivity contribution in [3.63, 3.8) is 0 Å². The third kappa shape index (κ3) is 3.12. The fourth-order valence-electron chi connectivity index (χ4n) is 3.13. The summed E-state index contributed by atoms with van der Waals surface area (Å²) in [7, 11) is 0. The quantitative estimate of drug-likeness (QED) is 0.786. The summed E-state index contributed by atoms with van der Waals surface area (Å²) in [6, 6.07) is 2.42. The Morgan fingerprint density at radius 2 is 2.19 bits per heavy atom. The molecule has 1 aromatic rings. The van der Waals surface area contributed by atoms with E-state index in [4.69, 9.17) is 4.74 Å². The van der Waals surface area contributed by atoms with Crippen molar-refractivity contribution in [2.24, 2.45) is 5.92 Å². The Bertz CT molecular complexity index is 535. The van der Waals surface area contributed by atoms with Crippen LogP contribution in [0.4, 0.5) is 0 Å². The molecule has 0 N–H and O–H groups in total. The first-order chi connectivity index (χ1) is 10.2. The molecule has 4 nitrogen and oxygen atoms in total. The third-order valence-corrected chi connectivity index (χ3v) is 5.25. The number of nitrogens with zero attached hydrogens (tertiary/aromatic N) is 1. The summed E-state index contributed by atoms with van der Waals surface area (Å²) in [5, 5.41) is 2.13. The van der Waals surface area contributed by atoms with Crippen molar-refractivity contribution in [3.05, 3.63) is 21.9 Å². The van der Waals surface area contributed by atoms with E-state index in [0.29, 0.717) is 12.5 Å². The molecule has 1 unspecified atom stereocenters. The summed E-state index contributed by atoms with van der Waals surface area (Å²) in [5.41, 5.74) is 1.35. The summed E-state index contributed by atoms with van der Waals surface area (Å²) >= 11 is 1.80. The number of fused-ring (bicyclic) bond motifs is 1. The number of ether oxygens (including phenoxy) is 1. The smallest absolute Gasteiger partial charge is 0.306 e. The van der Waals surface area contributed by atoms with Crippen LogP contribution in [0.1, 0.15) is 49.1 Å². The van der Waals surface area contributed by atoms with Crippen LogP contribution in [-0.2, 0) is 20.7 Å². The van der Waals surface area contributed by atoms with Crippen LogP contribution in [0.2, 0.25) is 0 Å². The average molecular weight is 307 g/mol. The maximum absolute atomic E-state index is 12.5. The van der Waals surface area contributed by atoms with E-state index in [2.05, 4.69) is 11.4 Å². The van der Waals surface area contributed by atoms with Gasteiger partial charge in [-0.1, -0.05) is 0 Å². The second kappa shape index (κ2) is 6.18. The number of amides is 1. The van der Waals surface area contributed by atoms with Crippen molar-refractivity contribution < 1.29 is 14.3 Å². The molecule has 0 saturated heterocycles. The van der Waals surface area contributed by atoms with Crippen LogP contribution in [0.25, 0.3) is 0 Å². The normalized spacial score (nSPS) is 21.0. The van der Waals surface area contributed by atoms with Gasteiger partial charge in [-0.05, 0) is 49.1 Å². The number of carbonyl (C=O) groups is 2. The highest BCUT2D eigenvalue weighted by Crippen LogP contribution is 2.48. The summed E-state index contributed by atoms with van der Waals surface area (Å²) < 4.78 is 4.90. The Kier molecular flexibility index (Phi) is 4.29. The third-order valence-electron chi connectivity index (χ3n) is 4.25. The number of thiophene rings is 1. The molecule has 0 aromatic carbocycles. The van der Waals surface area contributed by atoms with Gasteiger partial charge in [-0.15, -0.1) is 11.3 Å². The SMILES string of the molecule is CCOC(=O)CCC(=O)N1CCc2sccc2C1C1CC1. The van der Waals surface area contributed by atoms with Crippen LogP contribution in [0.5, 0.6) is 0 Å². The van der Waals surface area contributed by atoms with E-state index in [1.165, 1.54) is 23.3 Å². The maximum atomic E-state index is 12.5. The van der Waals surface area contributed by atoms with Crippen LogP contribution in [0.3, 0.4) is 0 Å². The Balaban J connectivity index is 1.67. The van der Waals surface area contributed by atoms with Gasteiger partial charge in [0.05, 0.1) is 19.1 Å². The summed E-state index contributed by atoms with van der Waals surface area (Å²) in [4.78, 5) is 27.4. The standard InChI is InChI=1S/C16H21NO3S/c1-2-20-15(19)6-5-14(18)17-9-7-13-12(8-10-21-13)16(17)11-3-4-11/h8,10-11,16H,2-7,9H2,1H3. The molecule has 5 heteroatoms. The fraction of sp³-hybridized carbons (Fsp3) is 0.625. The zero-order chi connectivity index (χ0) is 14.8. The average Bonchev–Trinajstić information content (AvgIpc) is 3.20. The van der Waals surface area contributed by atoms with E-state index < -0.39 is 0 Å². The lowest BCUT2D eigenvalue weighted by molar-refractivity contribution is -0.146. The van der Waals surface area contributed by atoms with Gasteiger partial charge in [-0.3, -0.25) is 9.59 Å². The number of esters is 1. The van der Waals surface area contributed by atoms with Crippen molar-refractivity contribution in [1.29, 1.82) is 0 Å². The predicted octanol–water partition coefficient (Wildman–Crippen LogP) is 2.93. The first-order valence-corrected chi connectivity index (χ1v) is 8.60. The molecule has 0 spiro atoms. The molecule has 1 aliphatic heterocycles. The largest absolute Gasteiger partial charge is 0.466 e. The minimum atomic E-state index is -0.276. The van der Waals surface area contributed by atoms with Crippen LogP contribution < -0.4 is 0 Å². The van der Waals surface area contributed by atoms with Crippen LogP contribution in [-0.4, -0.2) is 29.9 Å². The Morgan fingerprint density at radius 1 is 1.38 bits per heavy atom. The first kappa shape index (κ1) is 14.6. The van der Waals surface area contributed by atoms with Crippen LogP contribution >= 0.6 is 11.3 Å². The summed E-state index contributed by atoms with van der Waals surface area (Å²) in [5.74, 6) is 0.434. The van der Waals surface area contributed by atoms with Crippen molar-refractivity contribution in [2.45, 2.75) is 45.1 Å². The van der Waals surface area contributed by atoms with E-state index in [0.717, 1.165) is 13.0 Å². The van der Waals surface area contributed by atoms with Crippen LogP contribution in [0.15, 0.2) is 11.4 Å². The molecule has 2 aliphatic rings. The highest BCUT2D eigenvalue weighted by Gasteiger charge is 2.41. The second-order valence-corrected chi connectivity index (χ2v) is 6.72. The number of carbonyl (C=O) groups excluding carboxylic acids is 2. The number of rotatable bonds is 5. The molecule has 1 saturated carbocycles. The number of hydrogen-bond donors (Lipinski definition) is 0. The Labute approximate surface area is 129 Å². The zero-order valence-corrected chi connectivity index (χ0v) is 13.2. The minimum absolute atomic E-state index is 0.0943. The van der Waals surface area contributed by atoms with E-state index in [9.17, 15) is 9.59 Å². The van der Waals surface area contributed by atoms with E-state index in [-0.39, 0.29) is 30.8 Å². The topological polar surface area (TPSA) is 46.6 Å². The zero-order valence-electron chi connectivity index (χ0n) is 12.3. The Morgan fingerprint density at radius 3 is 2.90 bits per heavy atom. The fourth-order valence-corrected chi connectivity index (χ4v) is 4.05. The molecule has 1 aliphatic carbocycles. The molecule has 3 rings (SSSR count). The van der Waals surface area contributed by atoms with Gasteiger partial charge in [0.1, 0.15) is 0 Å². The molecule has 1 aromatic heterocycles. The predicted molar refractivity (Wildman–Crippen MR) is 81.1 cm³/mol. The molecule has 1 amide bonds. The second-order valence-electron chi connectivity index (χ2n) is 5.72. The van der Waals surface area contributed by atoms with Gasteiger partial charge in [0.25, 0.3) is 0 Å². The van der Waals surface area contributed by atoms with Gasteiger partial charge in [0.2, 0.25) is 5.91 Å². The van der Waals surface area contributed by atoms with Gasteiger partial charge in [-0.25, -0.2) is 0 Å².